The van der Waals surface area contributed by atoms with Crippen LogP contribution in [-0.2, 0) is 10.0 Å². The summed E-state index contributed by atoms with van der Waals surface area (Å²) >= 11 is 0. The Labute approximate surface area is 146 Å². The zero-order valence-corrected chi connectivity index (χ0v) is 15.2. The van der Waals surface area contributed by atoms with Gasteiger partial charge in [-0.05, 0) is 18.6 Å². The molecule has 0 fully saturated rings. The van der Waals surface area contributed by atoms with E-state index in [-0.39, 0.29) is 0 Å². The first-order valence-corrected chi connectivity index (χ1v) is 9.40. The average molecular weight is 361 g/mol. The molecule has 2 N–H and O–H groups in total. The predicted molar refractivity (Wildman–Crippen MR) is 97.8 cm³/mol. The fourth-order valence-corrected chi connectivity index (χ4v) is 3.17. The Hall–Kier alpha value is -2.74. The van der Waals surface area contributed by atoms with Gasteiger partial charge in [-0.15, -0.1) is 0 Å². The summed E-state index contributed by atoms with van der Waals surface area (Å²) in [6.07, 6.45) is 1.12. The van der Waals surface area contributed by atoms with Crippen molar-refractivity contribution in [2.24, 2.45) is 0 Å². The lowest BCUT2D eigenvalue weighted by Crippen LogP contribution is -2.10. The lowest BCUT2D eigenvalue weighted by Gasteiger charge is -2.09. The van der Waals surface area contributed by atoms with E-state index in [2.05, 4.69) is 14.7 Å². The number of aryl methyl sites for hydroxylation is 1. The van der Waals surface area contributed by atoms with Crippen molar-refractivity contribution in [1.82, 2.24) is 9.97 Å². The van der Waals surface area contributed by atoms with E-state index >= 15 is 0 Å². The van der Waals surface area contributed by atoms with Crippen molar-refractivity contribution >= 4 is 26.7 Å². The molecule has 0 spiro atoms. The van der Waals surface area contributed by atoms with Crippen molar-refractivity contribution in [1.29, 1.82) is 0 Å². The van der Waals surface area contributed by atoms with Gasteiger partial charge in [0.05, 0.1) is 37.2 Å². The van der Waals surface area contributed by atoms with E-state index < -0.39 is 10.0 Å². The van der Waals surface area contributed by atoms with Gasteiger partial charge >= 0.3 is 0 Å². The number of hydrogen-bond donors (Lipinski definition) is 2. The molecule has 132 valence electrons. The number of nitrogens with one attached hydrogen (secondary N) is 2. The Balaban J connectivity index is 2.08. The molecule has 0 aliphatic carbocycles. The predicted octanol–water partition coefficient (Wildman–Crippen LogP) is 2.93. The van der Waals surface area contributed by atoms with Crippen LogP contribution in [0.5, 0.6) is 11.5 Å². The molecule has 0 saturated carbocycles. The molecular weight excluding hydrogens is 342 g/mol. The Morgan fingerprint density at radius 3 is 2.40 bits per heavy atom. The number of anilines is 1. The van der Waals surface area contributed by atoms with Gasteiger partial charge in [0, 0.05) is 17.7 Å². The van der Waals surface area contributed by atoms with E-state index in [0.717, 1.165) is 28.4 Å². The molecule has 8 heteroatoms. The number of nitrogens with zero attached hydrogens (tertiary/aromatic N) is 1. The van der Waals surface area contributed by atoms with Gasteiger partial charge in [0.2, 0.25) is 10.0 Å². The lowest BCUT2D eigenvalue weighted by molar-refractivity contribution is 0.356. The summed E-state index contributed by atoms with van der Waals surface area (Å²) in [5.41, 5.74) is 3.65. The van der Waals surface area contributed by atoms with Crippen LogP contribution < -0.4 is 14.2 Å². The van der Waals surface area contributed by atoms with Crippen molar-refractivity contribution < 1.29 is 17.9 Å². The third kappa shape index (κ3) is 3.53. The summed E-state index contributed by atoms with van der Waals surface area (Å²) in [5, 5.41) is 0. The number of imidazole rings is 1. The quantitative estimate of drug-likeness (QED) is 0.729. The van der Waals surface area contributed by atoms with Crippen molar-refractivity contribution in [2.75, 3.05) is 25.2 Å². The molecule has 0 saturated heterocycles. The summed E-state index contributed by atoms with van der Waals surface area (Å²) < 4.78 is 36.2. The van der Waals surface area contributed by atoms with Gasteiger partial charge in [-0.1, -0.05) is 12.1 Å². The molecule has 0 bridgehead atoms. The topological polar surface area (TPSA) is 93.3 Å². The minimum atomic E-state index is -3.35. The number of rotatable bonds is 5. The molecule has 0 aliphatic heterocycles. The monoisotopic (exact) mass is 361 g/mol. The second-order valence-corrected chi connectivity index (χ2v) is 7.46. The molecule has 3 rings (SSSR count). The van der Waals surface area contributed by atoms with E-state index in [4.69, 9.17) is 9.47 Å². The molecule has 0 atom stereocenters. The number of sulfonamides is 1. The van der Waals surface area contributed by atoms with Crippen molar-refractivity contribution in [2.45, 2.75) is 6.92 Å². The Bertz CT molecular complexity index is 1000. The molecule has 2 aromatic carbocycles. The molecular formula is C17H19N3O4S. The molecule has 0 amide bonds. The highest BCUT2D eigenvalue weighted by Gasteiger charge is 2.13. The minimum absolute atomic E-state index is 0.524. The highest BCUT2D eigenvalue weighted by Crippen LogP contribution is 2.33. The Kier molecular flexibility index (Phi) is 4.30. The van der Waals surface area contributed by atoms with Gasteiger partial charge in [0.15, 0.2) is 11.5 Å². The highest BCUT2D eigenvalue weighted by molar-refractivity contribution is 7.92. The van der Waals surface area contributed by atoms with Crippen molar-refractivity contribution in [3.63, 3.8) is 0 Å². The van der Waals surface area contributed by atoms with Crippen LogP contribution in [0.4, 0.5) is 5.69 Å². The fourth-order valence-electron chi connectivity index (χ4n) is 2.55. The molecule has 25 heavy (non-hydrogen) atoms. The van der Waals surface area contributed by atoms with Crippen LogP contribution >= 0.6 is 0 Å². The van der Waals surface area contributed by atoms with Gasteiger partial charge in [0.1, 0.15) is 5.82 Å². The number of methoxy groups -OCH3 is 2. The fraction of sp³-hybridized carbons (Fsp3) is 0.235. The number of ether oxygens (including phenoxy) is 2. The molecule has 1 heterocycles. The number of H-pyrrole nitrogens is 1. The standard InChI is InChI=1S/C17H19N3O4S/c1-10-5-6-11(7-12(10)20-25(4,21)22)17-18-13-8-15(23-2)16(24-3)9-14(13)19-17/h5-9,20H,1-4H3,(H,18,19). The molecule has 0 aliphatic rings. The second-order valence-electron chi connectivity index (χ2n) is 5.71. The van der Waals surface area contributed by atoms with Crippen molar-refractivity contribution in [3.05, 3.63) is 35.9 Å². The van der Waals surface area contributed by atoms with Crippen LogP contribution in [0.3, 0.4) is 0 Å². The maximum absolute atomic E-state index is 11.5. The van der Waals surface area contributed by atoms with Gasteiger partial charge in [-0.25, -0.2) is 13.4 Å². The first kappa shape index (κ1) is 17.1. The third-order valence-corrected chi connectivity index (χ3v) is 4.38. The van der Waals surface area contributed by atoms with Crippen LogP contribution in [0.25, 0.3) is 22.4 Å². The SMILES string of the molecule is COc1cc2nc(-c3ccc(C)c(NS(C)(=O)=O)c3)[nH]c2cc1OC. The maximum Gasteiger partial charge on any atom is 0.229 e. The van der Waals surface area contributed by atoms with Crippen LogP contribution in [0.15, 0.2) is 30.3 Å². The zero-order valence-electron chi connectivity index (χ0n) is 14.4. The average Bonchev–Trinajstić information content (AvgIpc) is 2.97. The maximum atomic E-state index is 11.5. The smallest absolute Gasteiger partial charge is 0.229 e. The first-order valence-electron chi connectivity index (χ1n) is 7.51. The molecule has 7 nitrogen and oxygen atoms in total. The number of hydrogen-bond acceptors (Lipinski definition) is 5. The van der Waals surface area contributed by atoms with Gasteiger partial charge in [-0.3, -0.25) is 4.72 Å². The second kappa shape index (κ2) is 6.29. The van der Waals surface area contributed by atoms with E-state index in [9.17, 15) is 8.42 Å². The van der Waals surface area contributed by atoms with E-state index in [1.807, 2.05) is 25.1 Å². The summed E-state index contributed by atoms with van der Waals surface area (Å²) in [4.78, 5) is 7.79. The summed E-state index contributed by atoms with van der Waals surface area (Å²) in [5.74, 6) is 1.83. The molecule has 3 aromatic rings. The minimum Gasteiger partial charge on any atom is -0.493 e. The summed E-state index contributed by atoms with van der Waals surface area (Å²) in [6, 6.07) is 9.08. The highest BCUT2D eigenvalue weighted by atomic mass is 32.2. The van der Waals surface area contributed by atoms with Gasteiger partial charge < -0.3 is 14.5 Å². The Morgan fingerprint density at radius 2 is 1.76 bits per heavy atom. The van der Waals surface area contributed by atoms with Gasteiger partial charge in [0.25, 0.3) is 0 Å². The summed E-state index contributed by atoms with van der Waals surface area (Å²) in [6.45, 7) is 1.84. The molecule has 0 radical (unpaired) electrons. The van der Waals surface area contributed by atoms with E-state index in [0.29, 0.717) is 23.0 Å². The summed E-state index contributed by atoms with van der Waals surface area (Å²) in [7, 11) is -0.212. The van der Waals surface area contributed by atoms with Crippen LogP contribution in [-0.4, -0.2) is 38.9 Å². The third-order valence-electron chi connectivity index (χ3n) is 3.79. The molecule has 0 unspecified atom stereocenters. The normalized spacial score (nSPS) is 11.5. The lowest BCUT2D eigenvalue weighted by atomic mass is 10.1. The van der Waals surface area contributed by atoms with E-state index in [1.54, 1.807) is 26.4 Å². The first-order chi connectivity index (χ1) is 11.8. The molecule has 1 aromatic heterocycles. The number of aromatic nitrogens is 2. The Morgan fingerprint density at radius 1 is 1.08 bits per heavy atom. The van der Waals surface area contributed by atoms with Gasteiger partial charge in [-0.2, -0.15) is 0 Å². The number of fused-ring (bicyclic) bond motifs is 1. The number of aromatic amines is 1. The number of benzene rings is 2. The van der Waals surface area contributed by atoms with Crippen LogP contribution in [0.1, 0.15) is 5.56 Å². The van der Waals surface area contributed by atoms with Crippen LogP contribution in [0, 0.1) is 6.92 Å². The zero-order chi connectivity index (χ0) is 18.2. The van der Waals surface area contributed by atoms with Crippen LogP contribution in [0.2, 0.25) is 0 Å². The van der Waals surface area contributed by atoms with Crippen molar-refractivity contribution in [3.8, 4) is 22.9 Å². The largest absolute Gasteiger partial charge is 0.493 e. The van der Waals surface area contributed by atoms with E-state index in [1.165, 1.54) is 0 Å².